The second-order valence-electron chi connectivity index (χ2n) is 4.43. The number of aromatic amines is 1. The predicted molar refractivity (Wildman–Crippen MR) is 82.0 cm³/mol. The second-order valence-corrected chi connectivity index (χ2v) is 4.84. The number of halogens is 1. The SMILES string of the molecule is Nc1cc(Cl)c(N(CCO)CCO)c(-c2cc[nH]c2)c1. The highest BCUT2D eigenvalue weighted by Crippen LogP contribution is 2.38. The van der Waals surface area contributed by atoms with Crippen molar-refractivity contribution in [3.8, 4) is 11.1 Å². The minimum absolute atomic E-state index is 0.0206. The number of hydrogen-bond donors (Lipinski definition) is 4. The normalized spacial score (nSPS) is 10.8. The van der Waals surface area contributed by atoms with Gasteiger partial charge in [0.05, 0.1) is 23.9 Å². The number of nitrogens with zero attached hydrogens (tertiary/aromatic N) is 1. The number of H-pyrrole nitrogens is 1. The lowest BCUT2D eigenvalue weighted by molar-refractivity contribution is 0.281. The lowest BCUT2D eigenvalue weighted by Crippen LogP contribution is -2.30. The first-order valence-corrected chi connectivity index (χ1v) is 6.74. The van der Waals surface area contributed by atoms with Gasteiger partial charge in [0.1, 0.15) is 0 Å². The zero-order valence-electron chi connectivity index (χ0n) is 11.0. The van der Waals surface area contributed by atoms with Crippen molar-refractivity contribution >= 4 is 23.0 Å². The van der Waals surface area contributed by atoms with Crippen LogP contribution in [0.3, 0.4) is 0 Å². The summed E-state index contributed by atoms with van der Waals surface area (Å²) in [6.07, 6.45) is 3.67. The van der Waals surface area contributed by atoms with Crippen molar-refractivity contribution in [3.05, 3.63) is 35.6 Å². The van der Waals surface area contributed by atoms with E-state index in [0.717, 1.165) is 16.8 Å². The summed E-state index contributed by atoms with van der Waals surface area (Å²) >= 11 is 6.32. The maximum absolute atomic E-state index is 9.19. The third-order valence-corrected chi connectivity index (χ3v) is 3.34. The molecular weight excluding hydrogens is 278 g/mol. The molecule has 108 valence electrons. The summed E-state index contributed by atoms with van der Waals surface area (Å²) in [7, 11) is 0. The molecule has 6 heteroatoms. The molecule has 0 saturated carbocycles. The van der Waals surface area contributed by atoms with E-state index in [1.807, 2.05) is 29.4 Å². The van der Waals surface area contributed by atoms with Crippen molar-refractivity contribution in [2.75, 3.05) is 36.9 Å². The predicted octanol–water partition coefficient (Wildman–Crippen LogP) is 1.71. The lowest BCUT2D eigenvalue weighted by atomic mass is 10.0. The standard InChI is InChI=1S/C14H18ClN3O2/c15-13-8-11(16)7-12(10-1-2-17-9-10)14(13)18(3-5-19)4-6-20/h1-2,7-9,17,19-20H,3-6,16H2. The zero-order chi connectivity index (χ0) is 14.5. The van der Waals surface area contributed by atoms with Crippen LogP contribution in [0.25, 0.3) is 11.1 Å². The maximum Gasteiger partial charge on any atom is 0.0666 e. The molecule has 2 rings (SSSR count). The van der Waals surface area contributed by atoms with Crippen LogP contribution in [-0.4, -0.2) is 41.5 Å². The molecule has 0 radical (unpaired) electrons. The maximum atomic E-state index is 9.19. The number of hydrogen-bond acceptors (Lipinski definition) is 4. The Bertz CT molecular complexity index is 552. The van der Waals surface area contributed by atoms with Gasteiger partial charge in [0.25, 0.3) is 0 Å². The molecule has 5 nitrogen and oxygen atoms in total. The van der Waals surface area contributed by atoms with Gasteiger partial charge in [-0.3, -0.25) is 0 Å². The van der Waals surface area contributed by atoms with Crippen LogP contribution < -0.4 is 10.6 Å². The molecule has 0 unspecified atom stereocenters. The Labute approximate surface area is 122 Å². The van der Waals surface area contributed by atoms with Crippen molar-refractivity contribution in [2.45, 2.75) is 0 Å². The van der Waals surface area contributed by atoms with Crippen molar-refractivity contribution in [1.82, 2.24) is 4.98 Å². The molecule has 0 bridgehead atoms. The number of aliphatic hydroxyl groups excluding tert-OH is 2. The number of anilines is 2. The van der Waals surface area contributed by atoms with Gasteiger partial charge in [0.15, 0.2) is 0 Å². The fourth-order valence-corrected chi connectivity index (χ4v) is 2.58. The van der Waals surface area contributed by atoms with Crippen molar-refractivity contribution < 1.29 is 10.2 Å². The molecule has 1 heterocycles. The monoisotopic (exact) mass is 295 g/mol. The van der Waals surface area contributed by atoms with Crippen LogP contribution >= 0.6 is 11.6 Å². The highest BCUT2D eigenvalue weighted by atomic mass is 35.5. The summed E-state index contributed by atoms with van der Waals surface area (Å²) in [5.41, 5.74) is 9.04. The van der Waals surface area contributed by atoms with Gasteiger partial charge in [-0.15, -0.1) is 0 Å². The van der Waals surface area contributed by atoms with Crippen LogP contribution in [-0.2, 0) is 0 Å². The molecule has 20 heavy (non-hydrogen) atoms. The summed E-state index contributed by atoms with van der Waals surface area (Å²) < 4.78 is 0. The number of nitrogen functional groups attached to an aromatic ring is 1. The average Bonchev–Trinajstić information content (AvgIpc) is 2.91. The van der Waals surface area contributed by atoms with E-state index in [9.17, 15) is 10.2 Å². The van der Waals surface area contributed by atoms with Crippen molar-refractivity contribution in [1.29, 1.82) is 0 Å². The third kappa shape index (κ3) is 3.07. The molecule has 2 aromatic rings. The van der Waals surface area contributed by atoms with Crippen LogP contribution in [0.2, 0.25) is 5.02 Å². The Balaban J connectivity index is 2.54. The van der Waals surface area contributed by atoms with Crippen LogP contribution in [0.15, 0.2) is 30.6 Å². The molecule has 0 fully saturated rings. The van der Waals surface area contributed by atoms with Crippen LogP contribution in [0.1, 0.15) is 0 Å². The molecule has 0 spiro atoms. The first kappa shape index (κ1) is 14.7. The van der Waals surface area contributed by atoms with E-state index >= 15 is 0 Å². The number of aromatic nitrogens is 1. The summed E-state index contributed by atoms with van der Waals surface area (Å²) in [4.78, 5) is 4.85. The molecule has 0 aliphatic heterocycles. The zero-order valence-corrected chi connectivity index (χ0v) is 11.8. The van der Waals surface area contributed by atoms with E-state index in [4.69, 9.17) is 17.3 Å². The molecule has 0 atom stereocenters. The summed E-state index contributed by atoms with van der Waals surface area (Å²) in [6, 6.07) is 5.44. The molecule has 1 aromatic heterocycles. The fourth-order valence-electron chi connectivity index (χ4n) is 2.23. The quantitative estimate of drug-likeness (QED) is 0.611. The molecule has 0 saturated heterocycles. The number of aliphatic hydroxyl groups is 2. The van der Waals surface area contributed by atoms with E-state index in [1.165, 1.54) is 0 Å². The van der Waals surface area contributed by atoms with Gasteiger partial charge in [-0.1, -0.05) is 11.6 Å². The van der Waals surface area contributed by atoms with Gasteiger partial charge in [-0.2, -0.15) is 0 Å². The summed E-state index contributed by atoms with van der Waals surface area (Å²) in [6.45, 7) is 0.740. The minimum atomic E-state index is -0.0206. The molecule has 0 aliphatic rings. The van der Waals surface area contributed by atoms with Gasteiger partial charge in [0.2, 0.25) is 0 Å². The Hall–Kier alpha value is -1.69. The van der Waals surface area contributed by atoms with Crippen molar-refractivity contribution in [2.24, 2.45) is 0 Å². The van der Waals surface area contributed by atoms with Gasteiger partial charge in [0, 0.05) is 42.3 Å². The Morgan fingerprint density at radius 2 is 1.90 bits per heavy atom. The van der Waals surface area contributed by atoms with Crippen LogP contribution in [0, 0.1) is 0 Å². The molecular formula is C14H18ClN3O2. The van der Waals surface area contributed by atoms with E-state index in [1.54, 1.807) is 6.07 Å². The summed E-state index contributed by atoms with van der Waals surface area (Å²) in [5, 5.41) is 18.9. The van der Waals surface area contributed by atoms with Gasteiger partial charge >= 0.3 is 0 Å². The van der Waals surface area contributed by atoms with Crippen molar-refractivity contribution in [3.63, 3.8) is 0 Å². The number of rotatable bonds is 6. The summed E-state index contributed by atoms with van der Waals surface area (Å²) in [5.74, 6) is 0. The number of benzene rings is 1. The fraction of sp³-hybridized carbons (Fsp3) is 0.286. The van der Waals surface area contributed by atoms with E-state index in [0.29, 0.717) is 23.8 Å². The molecule has 1 aromatic carbocycles. The first-order chi connectivity index (χ1) is 9.67. The largest absolute Gasteiger partial charge is 0.399 e. The minimum Gasteiger partial charge on any atom is -0.399 e. The lowest BCUT2D eigenvalue weighted by Gasteiger charge is -2.27. The highest BCUT2D eigenvalue weighted by Gasteiger charge is 2.17. The molecule has 0 aliphatic carbocycles. The number of nitrogens with two attached hydrogens (primary N) is 1. The van der Waals surface area contributed by atoms with E-state index in [-0.39, 0.29) is 13.2 Å². The topological polar surface area (TPSA) is 85.5 Å². The van der Waals surface area contributed by atoms with Gasteiger partial charge < -0.3 is 25.8 Å². The van der Waals surface area contributed by atoms with E-state index < -0.39 is 0 Å². The van der Waals surface area contributed by atoms with Crippen LogP contribution in [0.4, 0.5) is 11.4 Å². The number of nitrogens with one attached hydrogen (secondary N) is 1. The Morgan fingerprint density at radius 1 is 1.20 bits per heavy atom. The van der Waals surface area contributed by atoms with E-state index in [2.05, 4.69) is 4.98 Å². The smallest absolute Gasteiger partial charge is 0.0666 e. The molecule has 0 amide bonds. The van der Waals surface area contributed by atoms with Gasteiger partial charge in [-0.05, 0) is 18.2 Å². The third-order valence-electron chi connectivity index (χ3n) is 3.05. The highest BCUT2D eigenvalue weighted by molar-refractivity contribution is 6.34. The second kappa shape index (κ2) is 6.65. The average molecular weight is 296 g/mol. The van der Waals surface area contributed by atoms with Crippen LogP contribution in [0.5, 0.6) is 0 Å². The Morgan fingerprint density at radius 3 is 2.45 bits per heavy atom. The first-order valence-electron chi connectivity index (χ1n) is 6.36. The Kier molecular flexibility index (Phi) is 4.89. The van der Waals surface area contributed by atoms with Gasteiger partial charge in [-0.25, -0.2) is 0 Å². The molecule has 5 N–H and O–H groups in total.